The SMILES string of the molecule is CC1=C(C(=O)OC2CCCCC2)[C@H](c2ccncc2)n2ncnc2N1. The van der Waals surface area contributed by atoms with Gasteiger partial charge in [0, 0.05) is 18.1 Å². The van der Waals surface area contributed by atoms with Crippen LogP contribution in [-0.4, -0.2) is 31.8 Å². The molecule has 0 aromatic carbocycles. The van der Waals surface area contributed by atoms with E-state index in [9.17, 15) is 4.79 Å². The molecule has 2 aliphatic rings. The minimum Gasteiger partial charge on any atom is -0.459 e. The Bertz CT molecular complexity index is 793. The summed E-state index contributed by atoms with van der Waals surface area (Å²) in [7, 11) is 0. The van der Waals surface area contributed by atoms with Crippen molar-refractivity contribution in [3.05, 3.63) is 47.7 Å². The summed E-state index contributed by atoms with van der Waals surface area (Å²) in [6, 6.07) is 3.42. The Labute approximate surface area is 146 Å². The van der Waals surface area contributed by atoms with Gasteiger partial charge in [-0.05, 0) is 50.3 Å². The predicted octanol–water partition coefficient (Wildman–Crippen LogP) is 2.84. The number of carbonyl (C=O) groups is 1. The van der Waals surface area contributed by atoms with Crippen molar-refractivity contribution in [2.45, 2.75) is 51.2 Å². The Morgan fingerprint density at radius 2 is 2.00 bits per heavy atom. The molecule has 0 unspecified atom stereocenters. The molecule has 2 aromatic rings. The molecule has 1 aliphatic carbocycles. The summed E-state index contributed by atoms with van der Waals surface area (Å²) in [5.41, 5.74) is 2.26. The number of nitrogens with one attached hydrogen (secondary N) is 1. The maximum Gasteiger partial charge on any atom is 0.338 e. The summed E-state index contributed by atoms with van der Waals surface area (Å²) in [5.74, 6) is 0.341. The fourth-order valence-electron chi connectivity index (χ4n) is 3.61. The highest BCUT2D eigenvalue weighted by molar-refractivity contribution is 5.92. The van der Waals surface area contributed by atoms with Crippen LogP contribution in [0.4, 0.5) is 5.95 Å². The van der Waals surface area contributed by atoms with Crippen molar-refractivity contribution in [1.82, 2.24) is 19.7 Å². The van der Waals surface area contributed by atoms with Crippen molar-refractivity contribution in [1.29, 1.82) is 0 Å². The number of fused-ring (bicyclic) bond motifs is 1. The molecule has 1 N–H and O–H groups in total. The zero-order valence-corrected chi connectivity index (χ0v) is 14.2. The molecule has 130 valence electrons. The van der Waals surface area contributed by atoms with E-state index in [0.29, 0.717) is 11.5 Å². The molecule has 3 heterocycles. The second-order valence-electron chi connectivity index (χ2n) is 6.54. The molecule has 0 radical (unpaired) electrons. The van der Waals surface area contributed by atoms with E-state index in [1.165, 1.54) is 12.7 Å². The molecule has 0 saturated heterocycles. The number of ether oxygens (including phenoxy) is 1. The largest absolute Gasteiger partial charge is 0.459 e. The van der Waals surface area contributed by atoms with Gasteiger partial charge in [0.2, 0.25) is 5.95 Å². The highest BCUT2D eigenvalue weighted by Gasteiger charge is 2.35. The van der Waals surface area contributed by atoms with E-state index in [1.807, 2.05) is 19.1 Å². The molecule has 7 heteroatoms. The lowest BCUT2D eigenvalue weighted by Crippen LogP contribution is -2.32. The normalized spacial score (nSPS) is 20.8. The van der Waals surface area contributed by atoms with Gasteiger partial charge in [-0.2, -0.15) is 10.1 Å². The second kappa shape index (κ2) is 6.66. The summed E-state index contributed by atoms with van der Waals surface area (Å²) in [4.78, 5) is 21.3. The average molecular weight is 339 g/mol. The van der Waals surface area contributed by atoms with Gasteiger partial charge in [0.05, 0.1) is 5.57 Å². The third-order valence-electron chi connectivity index (χ3n) is 4.86. The Morgan fingerprint density at radius 3 is 2.76 bits per heavy atom. The smallest absolute Gasteiger partial charge is 0.338 e. The van der Waals surface area contributed by atoms with E-state index in [0.717, 1.165) is 36.9 Å². The monoisotopic (exact) mass is 339 g/mol. The number of rotatable bonds is 3. The number of hydrogen-bond donors (Lipinski definition) is 1. The standard InChI is InChI=1S/C18H21N5O2/c1-12-15(17(24)25-14-5-3-2-4-6-14)16(13-7-9-19-10-8-13)23-18(22-12)20-11-21-23/h7-11,14,16H,2-6H2,1H3,(H,20,21,22)/t16-/m0/s1. The van der Waals surface area contributed by atoms with Crippen molar-refractivity contribution in [3.8, 4) is 0 Å². The second-order valence-corrected chi connectivity index (χ2v) is 6.54. The Morgan fingerprint density at radius 1 is 1.24 bits per heavy atom. The minimum atomic E-state index is -0.363. The molecule has 0 spiro atoms. The molecule has 0 bridgehead atoms. The van der Waals surface area contributed by atoms with Crippen LogP contribution in [0.3, 0.4) is 0 Å². The van der Waals surface area contributed by atoms with Gasteiger partial charge in [0.25, 0.3) is 0 Å². The van der Waals surface area contributed by atoms with Crippen LogP contribution in [0.5, 0.6) is 0 Å². The Balaban J connectivity index is 1.69. The molecule has 25 heavy (non-hydrogen) atoms. The molecule has 1 atom stereocenters. The summed E-state index contributed by atoms with van der Waals surface area (Å²) < 4.78 is 7.55. The van der Waals surface area contributed by atoms with Crippen molar-refractivity contribution < 1.29 is 9.53 Å². The highest BCUT2D eigenvalue weighted by atomic mass is 16.5. The lowest BCUT2D eigenvalue weighted by molar-refractivity contribution is -0.146. The number of hydrogen-bond acceptors (Lipinski definition) is 6. The van der Waals surface area contributed by atoms with Crippen molar-refractivity contribution in [2.75, 3.05) is 5.32 Å². The van der Waals surface area contributed by atoms with Gasteiger partial charge in [0.1, 0.15) is 18.5 Å². The number of carbonyl (C=O) groups excluding carboxylic acids is 1. The molecule has 7 nitrogen and oxygen atoms in total. The van der Waals surface area contributed by atoms with E-state index in [4.69, 9.17) is 4.74 Å². The highest BCUT2D eigenvalue weighted by Crippen LogP contribution is 2.35. The first kappa shape index (κ1) is 15.8. The van der Waals surface area contributed by atoms with E-state index in [1.54, 1.807) is 17.1 Å². The number of pyridine rings is 1. The molecular formula is C18H21N5O2. The van der Waals surface area contributed by atoms with Crippen LogP contribution in [0.15, 0.2) is 42.1 Å². The fraction of sp³-hybridized carbons (Fsp3) is 0.444. The third kappa shape index (κ3) is 3.01. The van der Waals surface area contributed by atoms with Gasteiger partial charge >= 0.3 is 5.97 Å². The predicted molar refractivity (Wildman–Crippen MR) is 91.7 cm³/mol. The van der Waals surface area contributed by atoms with E-state index < -0.39 is 0 Å². The maximum absolute atomic E-state index is 13.0. The van der Waals surface area contributed by atoms with Gasteiger partial charge in [-0.25, -0.2) is 9.48 Å². The van der Waals surface area contributed by atoms with Crippen LogP contribution in [-0.2, 0) is 9.53 Å². The third-order valence-corrected chi connectivity index (χ3v) is 4.86. The number of aromatic nitrogens is 4. The van der Waals surface area contributed by atoms with Crippen LogP contribution in [0.25, 0.3) is 0 Å². The maximum atomic E-state index is 13.0. The number of anilines is 1. The summed E-state index contributed by atoms with van der Waals surface area (Å²) in [6.45, 7) is 1.88. The van der Waals surface area contributed by atoms with Gasteiger partial charge < -0.3 is 10.1 Å². The summed E-state index contributed by atoms with van der Waals surface area (Å²) >= 11 is 0. The van der Waals surface area contributed by atoms with Gasteiger partial charge in [0.15, 0.2) is 0 Å². The molecule has 4 rings (SSSR count). The molecule has 0 amide bonds. The Kier molecular flexibility index (Phi) is 4.21. The van der Waals surface area contributed by atoms with Crippen molar-refractivity contribution >= 4 is 11.9 Å². The van der Waals surface area contributed by atoms with Crippen LogP contribution in [0, 0.1) is 0 Å². The van der Waals surface area contributed by atoms with Crippen LogP contribution < -0.4 is 5.32 Å². The van der Waals surface area contributed by atoms with Crippen LogP contribution in [0.2, 0.25) is 0 Å². The van der Waals surface area contributed by atoms with E-state index >= 15 is 0 Å². The zero-order chi connectivity index (χ0) is 17.2. The van der Waals surface area contributed by atoms with Gasteiger partial charge in [-0.3, -0.25) is 4.98 Å². The zero-order valence-electron chi connectivity index (χ0n) is 14.2. The van der Waals surface area contributed by atoms with Crippen molar-refractivity contribution in [2.24, 2.45) is 0 Å². The minimum absolute atomic E-state index is 0.0109. The topological polar surface area (TPSA) is 81.9 Å². The summed E-state index contributed by atoms with van der Waals surface area (Å²) in [5, 5.41) is 7.47. The molecule has 2 aromatic heterocycles. The van der Waals surface area contributed by atoms with Gasteiger partial charge in [-0.15, -0.1) is 0 Å². The van der Waals surface area contributed by atoms with E-state index in [2.05, 4.69) is 20.4 Å². The fourth-order valence-corrected chi connectivity index (χ4v) is 3.61. The first-order valence-corrected chi connectivity index (χ1v) is 8.72. The summed E-state index contributed by atoms with van der Waals surface area (Å²) in [6.07, 6.45) is 10.3. The molecule has 1 aliphatic heterocycles. The first-order valence-electron chi connectivity index (χ1n) is 8.72. The van der Waals surface area contributed by atoms with Gasteiger partial charge in [-0.1, -0.05) is 6.42 Å². The molecule has 1 saturated carbocycles. The van der Waals surface area contributed by atoms with Crippen LogP contribution >= 0.6 is 0 Å². The average Bonchev–Trinajstić information content (AvgIpc) is 3.10. The number of esters is 1. The Hall–Kier alpha value is -2.70. The quantitative estimate of drug-likeness (QED) is 0.866. The van der Waals surface area contributed by atoms with Crippen LogP contribution in [0.1, 0.15) is 50.6 Å². The van der Waals surface area contributed by atoms with Crippen molar-refractivity contribution in [3.63, 3.8) is 0 Å². The number of nitrogens with zero attached hydrogens (tertiary/aromatic N) is 4. The lowest BCUT2D eigenvalue weighted by atomic mass is 9.95. The van der Waals surface area contributed by atoms with E-state index in [-0.39, 0.29) is 18.1 Å². The molecule has 1 fully saturated rings. The number of allylic oxidation sites excluding steroid dienone is 1. The first-order chi connectivity index (χ1) is 12.2. The molecular weight excluding hydrogens is 318 g/mol. The lowest BCUT2D eigenvalue weighted by Gasteiger charge is -2.30.